The van der Waals surface area contributed by atoms with Crippen LogP contribution >= 0.6 is 11.3 Å². The molecule has 0 fully saturated rings. The van der Waals surface area contributed by atoms with Crippen LogP contribution in [0.2, 0.25) is 0 Å². The first-order valence-electron chi connectivity index (χ1n) is 6.39. The summed E-state index contributed by atoms with van der Waals surface area (Å²) in [4.78, 5) is 8.78. The highest BCUT2D eigenvalue weighted by Crippen LogP contribution is 2.17. The zero-order chi connectivity index (χ0) is 13.7. The molecule has 1 atom stereocenters. The molecule has 0 spiro atoms. The van der Waals surface area contributed by atoms with Gasteiger partial charge in [-0.05, 0) is 18.9 Å². The average Bonchev–Trinajstić information content (AvgIpc) is 2.94. The molecule has 0 aliphatic rings. The van der Waals surface area contributed by atoms with Gasteiger partial charge in [-0.2, -0.15) is 0 Å². The predicted molar refractivity (Wildman–Crippen MR) is 77.5 cm³/mol. The van der Waals surface area contributed by atoms with E-state index in [9.17, 15) is 0 Å². The largest absolute Gasteiger partial charge is 0.481 e. The number of rotatable bonds is 6. The first-order chi connectivity index (χ1) is 9.22. The molecule has 0 amide bonds. The molecular formula is C14H19N3OS. The number of nitrogens with one attached hydrogen (secondary N) is 1. The van der Waals surface area contributed by atoms with Gasteiger partial charge in [0.1, 0.15) is 0 Å². The predicted octanol–water partition coefficient (Wildman–Crippen LogP) is 2.96. The van der Waals surface area contributed by atoms with Crippen molar-refractivity contribution in [3.8, 4) is 5.88 Å². The maximum absolute atomic E-state index is 5.04. The lowest BCUT2D eigenvalue weighted by Crippen LogP contribution is -2.18. The molecule has 0 aliphatic heterocycles. The lowest BCUT2D eigenvalue weighted by Gasteiger charge is -2.11. The molecule has 2 heterocycles. The van der Waals surface area contributed by atoms with Gasteiger partial charge >= 0.3 is 0 Å². The van der Waals surface area contributed by atoms with E-state index in [2.05, 4.69) is 34.5 Å². The minimum Gasteiger partial charge on any atom is -0.481 e. The summed E-state index contributed by atoms with van der Waals surface area (Å²) in [5.74, 6) is 0.642. The summed E-state index contributed by atoms with van der Waals surface area (Å²) in [6.45, 7) is 5.03. The van der Waals surface area contributed by atoms with Crippen LogP contribution in [-0.4, -0.2) is 17.1 Å². The standard InChI is InChI=1S/C14H19N3OS/c1-4-14-17-12(9-19-14)10(2)15-7-11-5-6-13(18-3)16-8-11/h5-6,8-10,15H,4,7H2,1-3H3/t10-/m0/s1. The number of nitrogens with zero attached hydrogens (tertiary/aromatic N) is 2. The van der Waals surface area contributed by atoms with Crippen molar-refractivity contribution in [2.45, 2.75) is 32.9 Å². The van der Waals surface area contributed by atoms with Crippen molar-refractivity contribution >= 4 is 11.3 Å². The first-order valence-corrected chi connectivity index (χ1v) is 7.27. The third-order valence-corrected chi connectivity index (χ3v) is 3.95. The summed E-state index contributed by atoms with van der Waals surface area (Å²) in [5, 5.41) is 6.77. The number of hydrogen-bond donors (Lipinski definition) is 1. The Morgan fingerprint density at radius 1 is 1.42 bits per heavy atom. The zero-order valence-electron chi connectivity index (χ0n) is 11.5. The number of ether oxygens (including phenoxy) is 1. The van der Waals surface area contributed by atoms with E-state index in [0.29, 0.717) is 5.88 Å². The molecular weight excluding hydrogens is 258 g/mol. The Balaban J connectivity index is 1.90. The number of thiazole rings is 1. The van der Waals surface area contributed by atoms with Gasteiger partial charge in [-0.1, -0.05) is 13.0 Å². The number of pyridine rings is 1. The van der Waals surface area contributed by atoms with Gasteiger partial charge in [0.15, 0.2) is 0 Å². The van der Waals surface area contributed by atoms with Gasteiger partial charge in [0, 0.05) is 30.2 Å². The SMILES string of the molecule is CCc1nc([C@H](C)NCc2ccc(OC)nc2)cs1. The lowest BCUT2D eigenvalue weighted by atomic mass is 10.2. The molecule has 0 unspecified atom stereocenters. The molecule has 4 nitrogen and oxygen atoms in total. The van der Waals surface area contributed by atoms with Crippen molar-refractivity contribution in [3.63, 3.8) is 0 Å². The molecule has 2 aromatic rings. The van der Waals surface area contributed by atoms with E-state index < -0.39 is 0 Å². The summed E-state index contributed by atoms with van der Waals surface area (Å²) in [6.07, 6.45) is 2.83. The van der Waals surface area contributed by atoms with Crippen LogP contribution in [0.25, 0.3) is 0 Å². The summed E-state index contributed by atoms with van der Waals surface area (Å²) in [6, 6.07) is 4.14. The van der Waals surface area contributed by atoms with Crippen LogP contribution in [0.5, 0.6) is 5.88 Å². The van der Waals surface area contributed by atoms with Crippen LogP contribution in [0, 0.1) is 0 Å². The van der Waals surface area contributed by atoms with Crippen molar-refractivity contribution in [2.75, 3.05) is 7.11 Å². The highest BCUT2D eigenvalue weighted by Gasteiger charge is 2.09. The van der Waals surface area contributed by atoms with Crippen molar-refractivity contribution in [3.05, 3.63) is 40.0 Å². The molecule has 2 rings (SSSR count). The Kier molecular flexibility index (Phi) is 4.87. The number of aromatic nitrogens is 2. The second-order valence-electron chi connectivity index (χ2n) is 4.33. The van der Waals surface area contributed by atoms with Gasteiger partial charge in [-0.3, -0.25) is 0 Å². The second-order valence-corrected chi connectivity index (χ2v) is 5.27. The molecule has 0 aliphatic carbocycles. The Hall–Kier alpha value is -1.46. The molecule has 2 aromatic heterocycles. The molecule has 0 aromatic carbocycles. The zero-order valence-corrected chi connectivity index (χ0v) is 12.3. The van der Waals surface area contributed by atoms with E-state index in [-0.39, 0.29) is 6.04 Å². The average molecular weight is 277 g/mol. The summed E-state index contributed by atoms with van der Waals surface area (Å²) >= 11 is 1.72. The van der Waals surface area contributed by atoms with Crippen LogP contribution in [0.4, 0.5) is 0 Å². The van der Waals surface area contributed by atoms with Gasteiger partial charge in [0.25, 0.3) is 0 Å². The van der Waals surface area contributed by atoms with Crippen LogP contribution in [-0.2, 0) is 13.0 Å². The van der Waals surface area contributed by atoms with Crippen LogP contribution in [0.15, 0.2) is 23.7 Å². The highest BCUT2D eigenvalue weighted by molar-refractivity contribution is 7.09. The molecule has 0 bridgehead atoms. The van der Waals surface area contributed by atoms with Crippen LogP contribution in [0.1, 0.15) is 36.2 Å². The van der Waals surface area contributed by atoms with E-state index in [1.807, 2.05) is 18.3 Å². The van der Waals surface area contributed by atoms with Gasteiger partial charge in [-0.25, -0.2) is 9.97 Å². The molecule has 5 heteroatoms. The molecule has 0 radical (unpaired) electrons. The van der Waals surface area contributed by atoms with E-state index in [0.717, 1.165) is 24.2 Å². The Bertz CT molecular complexity index is 510. The van der Waals surface area contributed by atoms with Crippen LogP contribution in [0.3, 0.4) is 0 Å². The fourth-order valence-electron chi connectivity index (χ4n) is 1.70. The lowest BCUT2D eigenvalue weighted by molar-refractivity contribution is 0.397. The normalized spacial score (nSPS) is 12.4. The Labute approximate surface area is 117 Å². The van der Waals surface area contributed by atoms with Crippen molar-refractivity contribution in [2.24, 2.45) is 0 Å². The maximum atomic E-state index is 5.04. The number of methoxy groups -OCH3 is 1. The van der Waals surface area contributed by atoms with Crippen molar-refractivity contribution < 1.29 is 4.74 Å². The van der Waals surface area contributed by atoms with Gasteiger partial charge < -0.3 is 10.1 Å². The van der Waals surface area contributed by atoms with E-state index in [1.54, 1.807) is 18.4 Å². The first kappa shape index (κ1) is 14.0. The minimum absolute atomic E-state index is 0.249. The highest BCUT2D eigenvalue weighted by atomic mass is 32.1. The smallest absolute Gasteiger partial charge is 0.212 e. The summed E-state index contributed by atoms with van der Waals surface area (Å²) < 4.78 is 5.04. The Morgan fingerprint density at radius 3 is 2.84 bits per heavy atom. The third kappa shape index (κ3) is 3.75. The topological polar surface area (TPSA) is 47.0 Å². The quantitative estimate of drug-likeness (QED) is 0.882. The van der Waals surface area contributed by atoms with Crippen LogP contribution < -0.4 is 10.1 Å². The molecule has 0 saturated heterocycles. The molecule has 19 heavy (non-hydrogen) atoms. The fraction of sp³-hybridized carbons (Fsp3) is 0.429. The second kappa shape index (κ2) is 6.63. The van der Waals surface area contributed by atoms with Gasteiger partial charge in [0.05, 0.1) is 17.8 Å². The summed E-state index contributed by atoms with van der Waals surface area (Å²) in [5.41, 5.74) is 2.25. The van der Waals surface area contributed by atoms with Crippen molar-refractivity contribution in [1.82, 2.24) is 15.3 Å². The monoisotopic (exact) mass is 277 g/mol. The fourth-order valence-corrected chi connectivity index (χ4v) is 2.54. The van der Waals surface area contributed by atoms with Crippen molar-refractivity contribution in [1.29, 1.82) is 0 Å². The maximum Gasteiger partial charge on any atom is 0.212 e. The van der Waals surface area contributed by atoms with Gasteiger partial charge in [-0.15, -0.1) is 11.3 Å². The number of hydrogen-bond acceptors (Lipinski definition) is 5. The van der Waals surface area contributed by atoms with E-state index in [4.69, 9.17) is 4.74 Å². The minimum atomic E-state index is 0.249. The molecule has 102 valence electrons. The summed E-state index contributed by atoms with van der Waals surface area (Å²) in [7, 11) is 1.62. The molecule has 0 saturated carbocycles. The van der Waals surface area contributed by atoms with E-state index >= 15 is 0 Å². The van der Waals surface area contributed by atoms with E-state index in [1.165, 1.54) is 5.01 Å². The third-order valence-electron chi connectivity index (χ3n) is 2.93. The Morgan fingerprint density at radius 2 is 2.26 bits per heavy atom. The molecule has 1 N–H and O–H groups in total. The number of aryl methyl sites for hydroxylation is 1. The van der Waals surface area contributed by atoms with Gasteiger partial charge in [0.2, 0.25) is 5.88 Å².